The zero-order valence-corrected chi connectivity index (χ0v) is 17.4. The van der Waals surface area contributed by atoms with Gasteiger partial charge in [0.25, 0.3) is 11.5 Å². The van der Waals surface area contributed by atoms with Gasteiger partial charge in [0.2, 0.25) is 0 Å². The molecule has 1 heterocycles. The van der Waals surface area contributed by atoms with Crippen molar-refractivity contribution in [2.45, 2.75) is 19.4 Å². The monoisotopic (exact) mass is 409 g/mol. The Balaban J connectivity index is 1.68. The lowest BCUT2D eigenvalue weighted by Crippen LogP contribution is -2.47. The second-order valence-corrected chi connectivity index (χ2v) is 7.76. The first-order valence-electron chi connectivity index (χ1n) is 10.1. The number of rotatable bonds is 5. The van der Waals surface area contributed by atoms with Crippen molar-refractivity contribution in [1.82, 2.24) is 9.78 Å². The number of anilines is 1. The van der Waals surface area contributed by atoms with Crippen LogP contribution >= 0.6 is 0 Å². The number of carbonyl (C=O) groups excluding carboxylic acids is 1. The molecular formula is C26H23N3O2. The van der Waals surface area contributed by atoms with E-state index in [2.05, 4.69) is 10.4 Å². The third-order valence-electron chi connectivity index (χ3n) is 5.22. The van der Waals surface area contributed by atoms with Gasteiger partial charge in [-0.25, -0.2) is 4.68 Å². The van der Waals surface area contributed by atoms with Crippen LogP contribution in [0.5, 0.6) is 0 Å². The van der Waals surface area contributed by atoms with Gasteiger partial charge in [0.15, 0.2) is 0 Å². The van der Waals surface area contributed by atoms with E-state index in [-0.39, 0.29) is 11.5 Å². The van der Waals surface area contributed by atoms with Gasteiger partial charge in [0, 0.05) is 22.9 Å². The SMILES string of the molecule is CC(C)(C(=O)Nc1ccccc1-c1ccccc1)n1nc(-c2ccccc2)ccc1=O. The zero-order valence-electron chi connectivity index (χ0n) is 17.4. The maximum Gasteiger partial charge on any atom is 0.267 e. The van der Waals surface area contributed by atoms with Crippen LogP contribution in [-0.2, 0) is 10.3 Å². The summed E-state index contributed by atoms with van der Waals surface area (Å²) in [6.45, 7) is 3.38. The molecule has 1 aromatic heterocycles. The molecule has 154 valence electrons. The number of hydrogen-bond acceptors (Lipinski definition) is 3. The number of aromatic nitrogens is 2. The number of carbonyl (C=O) groups is 1. The Morgan fingerprint density at radius 3 is 2.03 bits per heavy atom. The second kappa shape index (κ2) is 8.40. The number of hydrogen-bond donors (Lipinski definition) is 1. The van der Waals surface area contributed by atoms with Crippen molar-refractivity contribution >= 4 is 11.6 Å². The van der Waals surface area contributed by atoms with E-state index < -0.39 is 5.54 Å². The smallest absolute Gasteiger partial charge is 0.267 e. The Morgan fingerprint density at radius 2 is 1.35 bits per heavy atom. The van der Waals surface area contributed by atoms with E-state index in [1.807, 2.05) is 84.9 Å². The molecule has 0 unspecified atom stereocenters. The number of amides is 1. The summed E-state index contributed by atoms with van der Waals surface area (Å²) in [5.74, 6) is -0.323. The molecule has 0 aliphatic carbocycles. The van der Waals surface area contributed by atoms with Crippen molar-refractivity contribution < 1.29 is 4.79 Å². The van der Waals surface area contributed by atoms with Gasteiger partial charge in [-0.05, 0) is 31.5 Å². The van der Waals surface area contributed by atoms with Crippen LogP contribution < -0.4 is 10.9 Å². The Bertz CT molecular complexity index is 1260. The van der Waals surface area contributed by atoms with Crippen molar-refractivity contribution in [3.8, 4) is 22.4 Å². The second-order valence-electron chi connectivity index (χ2n) is 7.76. The third-order valence-corrected chi connectivity index (χ3v) is 5.22. The summed E-state index contributed by atoms with van der Waals surface area (Å²) in [5.41, 5.74) is 2.55. The molecule has 0 saturated heterocycles. The molecule has 0 aliphatic heterocycles. The Hall–Kier alpha value is -3.99. The van der Waals surface area contributed by atoms with E-state index in [1.165, 1.54) is 10.7 Å². The first-order valence-corrected chi connectivity index (χ1v) is 10.1. The summed E-state index contributed by atoms with van der Waals surface area (Å²) in [4.78, 5) is 25.9. The minimum atomic E-state index is -1.20. The fraction of sp³-hybridized carbons (Fsp3) is 0.115. The number of nitrogens with one attached hydrogen (secondary N) is 1. The molecular weight excluding hydrogens is 386 g/mol. The maximum atomic E-state index is 13.3. The van der Waals surface area contributed by atoms with Crippen molar-refractivity contribution in [2.24, 2.45) is 0 Å². The summed E-state index contributed by atoms with van der Waals surface area (Å²) in [6.07, 6.45) is 0. The van der Waals surface area contributed by atoms with Gasteiger partial charge in [0.1, 0.15) is 5.54 Å². The summed E-state index contributed by atoms with van der Waals surface area (Å²) < 4.78 is 1.25. The van der Waals surface area contributed by atoms with Crippen molar-refractivity contribution in [3.05, 3.63) is 107 Å². The van der Waals surface area contributed by atoms with Gasteiger partial charge in [-0.2, -0.15) is 5.10 Å². The number of nitrogens with zero attached hydrogens (tertiary/aromatic N) is 2. The molecule has 1 N–H and O–H groups in total. The van der Waals surface area contributed by atoms with Gasteiger partial charge in [0.05, 0.1) is 5.69 Å². The lowest BCUT2D eigenvalue weighted by Gasteiger charge is -2.26. The molecule has 0 saturated carbocycles. The highest BCUT2D eigenvalue weighted by Gasteiger charge is 2.32. The van der Waals surface area contributed by atoms with Crippen LogP contribution in [0.3, 0.4) is 0 Å². The Kier molecular flexibility index (Phi) is 5.50. The molecule has 5 nitrogen and oxygen atoms in total. The van der Waals surface area contributed by atoms with Crippen LogP contribution in [0.2, 0.25) is 0 Å². The zero-order chi connectivity index (χ0) is 21.8. The fourth-order valence-electron chi connectivity index (χ4n) is 3.41. The van der Waals surface area contributed by atoms with Gasteiger partial charge < -0.3 is 5.32 Å². The minimum Gasteiger partial charge on any atom is -0.323 e. The minimum absolute atomic E-state index is 0.323. The fourth-order valence-corrected chi connectivity index (χ4v) is 3.41. The summed E-state index contributed by atoms with van der Waals surface area (Å²) in [5, 5.41) is 7.50. The molecule has 5 heteroatoms. The lowest BCUT2D eigenvalue weighted by molar-refractivity contribution is -0.123. The molecule has 0 aliphatic rings. The average Bonchev–Trinajstić information content (AvgIpc) is 2.81. The normalized spacial score (nSPS) is 11.2. The molecule has 0 bridgehead atoms. The van der Waals surface area contributed by atoms with Crippen LogP contribution in [0.4, 0.5) is 5.69 Å². The van der Waals surface area contributed by atoms with Crippen molar-refractivity contribution in [2.75, 3.05) is 5.32 Å². The molecule has 31 heavy (non-hydrogen) atoms. The molecule has 0 radical (unpaired) electrons. The van der Waals surface area contributed by atoms with Crippen molar-refractivity contribution in [3.63, 3.8) is 0 Å². The summed E-state index contributed by atoms with van der Waals surface area (Å²) in [7, 11) is 0. The van der Waals surface area contributed by atoms with Crippen LogP contribution in [-0.4, -0.2) is 15.7 Å². The Labute approximate surface area is 181 Å². The molecule has 4 rings (SSSR count). The van der Waals surface area contributed by atoms with E-state index in [4.69, 9.17) is 0 Å². The quantitative estimate of drug-likeness (QED) is 0.507. The molecule has 0 fully saturated rings. The standard InChI is InChI=1S/C26H23N3O2/c1-26(2,29-24(30)18-17-22(28-29)20-13-7-4-8-14-20)25(31)27-23-16-10-9-15-21(23)19-11-5-3-6-12-19/h3-18H,1-2H3,(H,27,31). The summed E-state index contributed by atoms with van der Waals surface area (Å²) >= 11 is 0. The van der Waals surface area contributed by atoms with E-state index in [9.17, 15) is 9.59 Å². The molecule has 4 aromatic rings. The first kappa shape index (κ1) is 20.3. The van der Waals surface area contributed by atoms with Gasteiger partial charge in [-0.1, -0.05) is 78.9 Å². The molecule has 0 atom stereocenters. The number of benzene rings is 3. The number of para-hydroxylation sites is 1. The van der Waals surface area contributed by atoms with Crippen LogP contribution in [0, 0.1) is 0 Å². The molecule has 0 spiro atoms. The topological polar surface area (TPSA) is 64.0 Å². The highest BCUT2D eigenvalue weighted by Crippen LogP contribution is 2.29. The van der Waals surface area contributed by atoms with Crippen LogP contribution in [0.25, 0.3) is 22.4 Å². The van der Waals surface area contributed by atoms with Crippen LogP contribution in [0.15, 0.2) is 102 Å². The molecule has 3 aromatic carbocycles. The molecule has 1 amide bonds. The van der Waals surface area contributed by atoms with E-state index in [0.717, 1.165) is 16.7 Å². The van der Waals surface area contributed by atoms with Crippen molar-refractivity contribution in [1.29, 1.82) is 0 Å². The highest BCUT2D eigenvalue weighted by atomic mass is 16.2. The van der Waals surface area contributed by atoms with E-state index >= 15 is 0 Å². The lowest BCUT2D eigenvalue weighted by atomic mass is 10.0. The highest BCUT2D eigenvalue weighted by molar-refractivity contribution is 5.99. The Morgan fingerprint density at radius 1 is 0.774 bits per heavy atom. The summed E-state index contributed by atoms with van der Waals surface area (Å²) in [6, 6.07) is 30.1. The van der Waals surface area contributed by atoms with E-state index in [1.54, 1.807) is 19.9 Å². The predicted molar refractivity (Wildman–Crippen MR) is 124 cm³/mol. The third kappa shape index (κ3) is 4.16. The van der Waals surface area contributed by atoms with E-state index in [0.29, 0.717) is 11.4 Å². The van der Waals surface area contributed by atoms with Gasteiger partial charge in [-0.15, -0.1) is 0 Å². The van der Waals surface area contributed by atoms with Gasteiger partial charge >= 0.3 is 0 Å². The first-order chi connectivity index (χ1) is 15.0. The van der Waals surface area contributed by atoms with Crippen LogP contribution in [0.1, 0.15) is 13.8 Å². The average molecular weight is 409 g/mol. The predicted octanol–water partition coefficient (Wildman–Crippen LogP) is 4.95. The maximum absolute atomic E-state index is 13.3. The van der Waals surface area contributed by atoms with Gasteiger partial charge in [-0.3, -0.25) is 9.59 Å². The largest absolute Gasteiger partial charge is 0.323 e.